The minimum absolute atomic E-state index is 0.0205. The first-order chi connectivity index (χ1) is 21.2. The van der Waals surface area contributed by atoms with Gasteiger partial charge in [-0.1, -0.05) is 30.7 Å². The van der Waals surface area contributed by atoms with Gasteiger partial charge in [-0.3, -0.25) is 9.59 Å². The number of halogens is 1. The molecule has 1 unspecified atom stereocenters. The summed E-state index contributed by atoms with van der Waals surface area (Å²) in [6, 6.07) is 20.0. The molecule has 1 aliphatic carbocycles. The van der Waals surface area contributed by atoms with Crippen LogP contribution in [0.2, 0.25) is 5.02 Å². The standard InChI is InChI=1S/C36H44ClN3O4/c1-6-23(2)44-34-21-32-27(19-33(34)43-5)20-35(42)40(36(32)26-9-11-28(37)12-10-26)31-17-15-30(16-18-31)39(4)22-25-7-13-29(14-8-25)38-24(3)41/h9-12,15-19,21,23,25,29,36H,6-8,13-14,20,22H2,1-5H3,(H,38,41)/t23-,25-,29-,36?/m1/s1. The first-order valence-electron chi connectivity index (χ1n) is 15.7. The molecule has 0 aromatic heterocycles. The van der Waals surface area contributed by atoms with Crippen LogP contribution >= 0.6 is 11.6 Å². The number of rotatable bonds is 10. The fraction of sp³-hybridized carbons (Fsp3) is 0.444. The molecule has 0 spiro atoms. The van der Waals surface area contributed by atoms with Crippen molar-refractivity contribution < 1.29 is 19.1 Å². The minimum Gasteiger partial charge on any atom is -0.493 e. The van der Waals surface area contributed by atoms with Crippen molar-refractivity contribution in [2.75, 3.05) is 30.5 Å². The van der Waals surface area contributed by atoms with Gasteiger partial charge in [0.25, 0.3) is 0 Å². The number of nitrogens with one attached hydrogen (secondary N) is 1. The maximum Gasteiger partial charge on any atom is 0.232 e. The minimum atomic E-state index is -0.351. The molecule has 3 aromatic rings. The number of carbonyl (C=O) groups is 2. The van der Waals surface area contributed by atoms with E-state index in [1.165, 1.54) is 0 Å². The number of benzene rings is 3. The Hall–Kier alpha value is -3.71. The fourth-order valence-corrected chi connectivity index (χ4v) is 6.64. The van der Waals surface area contributed by atoms with E-state index >= 15 is 0 Å². The molecule has 5 rings (SSSR count). The van der Waals surface area contributed by atoms with Gasteiger partial charge in [-0.15, -0.1) is 0 Å². The number of hydrogen-bond donors (Lipinski definition) is 1. The lowest BCUT2D eigenvalue weighted by atomic mass is 9.85. The number of hydrogen-bond acceptors (Lipinski definition) is 5. The molecule has 2 aliphatic rings. The van der Waals surface area contributed by atoms with E-state index in [-0.39, 0.29) is 30.4 Å². The van der Waals surface area contributed by atoms with E-state index in [0.29, 0.717) is 28.5 Å². The van der Waals surface area contributed by atoms with Crippen LogP contribution in [0.25, 0.3) is 0 Å². The second-order valence-electron chi connectivity index (χ2n) is 12.2. The van der Waals surface area contributed by atoms with Gasteiger partial charge in [-0.05, 0) is 110 Å². The Morgan fingerprint density at radius 1 is 1.05 bits per heavy atom. The van der Waals surface area contributed by atoms with Crippen LogP contribution < -0.4 is 24.6 Å². The molecule has 3 aromatic carbocycles. The van der Waals surface area contributed by atoms with E-state index in [1.807, 2.05) is 60.4 Å². The summed E-state index contributed by atoms with van der Waals surface area (Å²) in [4.78, 5) is 29.5. The number of methoxy groups -OCH3 is 1. The molecule has 2 atom stereocenters. The lowest BCUT2D eigenvalue weighted by molar-refractivity contribution is -0.120. The molecule has 0 bridgehead atoms. The molecular formula is C36H44ClN3O4. The third kappa shape index (κ3) is 7.15. The second-order valence-corrected chi connectivity index (χ2v) is 12.7. The van der Waals surface area contributed by atoms with Crippen molar-refractivity contribution in [3.63, 3.8) is 0 Å². The maximum atomic E-state index is 13.9. The average Bonchev–Trinajstić information content (AvgIpc) is 3.01. The number of amides is 2. The van der Waals surface area contributed by atoms with E-state index in [9.17, 15) is 9.59 Å². The van der Waals surface area contributed by atoms with E-state index in [0.717, 1.165) is 66.7 Å². The average molecular weight is 618 g/mol. The van der Waals surface area contributed by atoms with Crippen LogP contribution in [0.5, 0.6) is 11.5 Å². The summed E-state index contributed by atoms with van der Waals surface area (Å²) in [6.45, 7) is 6.68. The highest BCUT2D eigenvalue weighted by atomic mass is 35.5. The molecule has 1 heterocycles. The number of nitrogens with zero attached hydrogens (tertiary/aromatic N) is 2. The van der Waals surface area contributed by atoms with E-state index in [2.05, 4.69) is 36.3 Å². The summed E-state index contributed by atoms with van der Waals surface area (Å²) < 4.78 is 12.0. The monoisotopic (exact) mass is 617 g/mol. The van der Waals surface area contributed by atoms with Crippen molar-refractivity contribution in [1.82, 2.24) is 5.32 Å². The SMILES string of the molecule is CC[C@@H](C)Oc1cc2c(cc1OC)CC(=O)N(c1ccc(N(C)C[C@H]3CC[C@H](NC(C)=O)CC3)cc1)C2c1ccc(Cl)cc1. The van der Waals surface area contributed by atoms with Gasteiger partial charge in [0.2, 0.25) is 11.8 Å². The maximum absolute atomic E-state index is 13.9. The first kappa shape index (κ1) is 31.7. The van der Waals surface area contributed by atoms with Gasteiger partial charge in [0.05, 0.1) is 25.7 Å². The van der Waals surface area contributed by atoms with Crippen LogP contribution in [0.4, 0.5) is 11.4 Å². The zero-order valence-corrected chi connectivity index (χ0v) is 27.2. The van der Waals surface area contributed by atoms with Crippen LogP contribution in [0.3, 0.4) is 0 Å². The Labute approximate surface area is 266 Å². The van der Waals surface area contributed by atoms with E-state index in [4.69, 9.17) is 21.1 Å². The van der Waals surface area contributed by atoms with E-state index < -0.39 is 0 Å². The Morgan fingerprint density at radius 3 is 2.34 bits per heavy atom. The summed E-state index contributed by atoms with van der Waals surface area (Å²) in [5.41, 5.74) is 4.87. The Bertz CT molecular complexity index is 1450. The lowest BCUT2D eigenvalue weighted by Crippen LogP contribution is -2.41. The fourth-order valence-electron chi connectivity index (χ4n) is 6.51. The topological polar surface area (TPSA) is 71.1 Å². The largest absolute Gasteiger partial charge is 0.493 e. The molecule has 234 valence electrons. The van der Waals surface area contributed by atoms with Crippen LogP contribution in [0.15, 0.2) is 60.7 Å². The van der Waals surface area contributed by atoms with Crippen LogP contribution in [-0.4, -0.2) is 44.7 Å². The summed E-state index contributed by atoms with van der Waals surface area (Å²) in [5.74, 6) is 1.97. The molecule has 1 fully saturated rings. The first-order valence-corrected chi connectivity index (χ1v) is 16.1. The highest BCUT2D eigenvalue weighted by Gasteiger charge is 2.36. The summed E-state index contributed by atoms with van der Waals surface area (Å²) in [5, 5.41) is 3.71. The van der Waals surface area contributed by atoms with Gasteiger partial charge in [-0.2, -0.15) is 0 Å². The number of fused-ring (bicyclic) bond motifs is 1. The number of anilines is 2. The van der Waals surface area contributed by atoms with Crippen LogP contribution in [0, 0.1) is 5.92 Å². The smallest absolute Gasteiger partial charge is 0.232 e. The Kier molecular flexibility index (Phi) is 10.0. The Balaban J connectivity index is 1.42. The molecule has 8 heteroatoms. The Morgan fingerprint density at radius 2 is 1.73 bits per heavy atom. The molecule has 1 aliphatic heterocycles. The molecule has 1 N–H and O–H groups in total. The van der Waals surface area contributed by atoms with Crippen molar-refractivity contribution in [1.29, 1.82) is 0 Å². The number of ether oxygens (including phenoxy) is 2. The van der Waals surface area contributed by atoms with Crippen molar-refractivity contribution in [2.24, 2.45) is 5.92 Å². The normalized spacial score (nSPS) is 20.5. The third-order valence-corrected chi connectivity index (χ3v) is 9.28. The van der Waals surface area contributed by atoms with Crippen molar-refractivity contribution in [3.8, 4) is 11.5 Å². The third-order valence-electron chi connectivity index (χ3n) is 9.03. The highest BCUT2D eigenvalue weighted by Crippen LogP contribution is 2.44. The van der Waals surface area contributed by atoms with Gasteiger partial charge < -0.3 is 24.6 Å². The van der Waals surface area contributed by atoms with Crippen molar-refractivity contribution >= 4 is 34.8 Å². The zero-order valence-electron chi connectivity index (χ0n) is 26.4. The number of carbonyl (C=O) groups excluding carboxylic acids is 2. The van der Waals surface area contributed by atoms with Crippen molar-refractivity contribution in [3.05, 3.63) is 82.4 Å². The van der Waals surface area contributed by atoms with Gasteiger partial charge in [0.1, 0.15) is 0 Å². The molecule has 2 amide bonds. The highest BCUT2D eigenvalue weighted by molar-refractivity contribution is 6.30. The van der Waals surface area contributed by atoms with Crippen LogP contribution in [0.1, 0.15) is 75.6 Å². The van der Waals surface area contributed by atoms with E-state index in [1.54, 1.807) is 14.0 Å². The molecule has 44 heavy (non-hydrogen) atoms. The summed E-state index contributed by atoms with van der Waals surface area (Å²) >= 11 is 6.28. The van der Waals surface area contributed by atoms with Crippen molar-refractivity contribution in [2.45, 2.75) is 77.5 Å². The lowest BCUT2D eigenvalue weighted by Gasteiger charge is -2.38. The zero-order chi connectivity index (χ0) is 31.4. The molecule has 0 saturated heterocycles. The summed E-state index contributed by atoms with van der Waals surface area (Å²) in [7, 11) is 3.76. The summed E-state index contributed by atoms with van der Waals surface area (Å²) in [6.07, 6.45) is 5.41. The molecule has 1 saturated carbocycles. The molecule has 7 nitrogen and oxygen atoms in total. The molecular weight excluding hydrogens is 574 g/mol. The quantitative estimate of drug-likeness (QED) is 0.258. The predicted molar refractivity (Wildman–Crippen MR) is 177 cm³/mol. The molecule has 0 radical (unpaired) electrons. The second kappa shape index (κ2) is 13.9. The van der Waals surface area contributed by atoms with Gasteiger partial charge in [-0.25, -0.2) is 0 Å². The van der Waals surface area contributed by atoms with Gasteiger partial charge in [0, 0.05) is 43.0 Å². The van der Waals surface area contributed by atoms with Gasteiger partial charge >= 0.3 is 0 Å². The van der Waals surface area contributed by atoms with Gasteiger partial charge in [0.15, 0.2) is 11.5 Å². The predicted octanol–water partition coefficient (Wildman–Crippen LogP) is 7.34. The van der Waals surface area contributed by atoms with Crippen LogP contribution in [-0.2, 0) is 16.0 Å².